The molecule has 3 amide bonds. The third-order valence-electron chi connectivity index (χ3n) is 3.34. The van der Waals surface area contributed by atoms with E-state index in [0.717, 1.165) is 11.3 Å². The van der Waals surface area contributed by atoms with Gasteiger partial charge in [-0.3, -0.25) is 4.79 Å². The minimum Gasteiger partial charge on any atom is -0.464 e. The Kier molecular flexibility index (Phi) is 5.95. The van der Waals surface area contributed by atoms with Gasteiger partial charge in [-0.15, -0.1) is 0 Å². The minimum atomic E-state index is -0.476. The summed E-state index contributed by atoms with van der Waals surface area (Å²) in [6, 6.07) is 8.65. The fourth-order valence-electron chi connectivity index (χ4n) is 2.06. The summed E-state index contributed by atoms with van der Waals surface area (Å²) in [5, 5.41) is 7.78. The van der Waals surface area contributed by atoms with E-state index in [4.69, 9.17) is 4.42 Å². The molecule has 2 aromatic rings. The van der Waals surface area contributed by atoms with Crippen molar-refractivity contribution < 1.29 is 18.4 Å². The fourth-order valence-corrected chi connectivity index (χ4v) is 2.06. The Morgan fingerprint density at radius 1 is 1.12 bits per heavy atom. The first kappa shape index (κ1) is 17.5. The fraction of sp³-hybridized carbons (Fsp3) is 0.294. The number of rotatable bonds is 6. The zero-order chi connectivity index (χ0) is 17.5. The maximum Gasteiger partial charge on any atom is 0.315 e. The standard InChI is InChI=1S/C17H20FN3O3/c1-11-3-8-15(24-11)12(2)21-16(22)10-20-17(23)19-9-13-4-6-14(18)7-5-13/h3-8,12H,9-10H2,1-2H3,(H,21,22)(H2,19,20,23). The number of nitrogens with one attached hydrogen (secondary N) is 3. The molecule has 0 fully saturated rings. The molecule has 0 aliphatic heterocycles. The molecule has 24 heavy (non-hydrogen) atoms. The van der Waals surface area contributed by atoms with Crippen LogP contribution >= 0.6 is 0 Å². The summed E-state index contributed by atoms with van der Waals surface area (Å²) in [5.74, 6) is 0.764. The van der Waals surface area contributed by atoms with Gasteiger partial charge in [-0.05, 0) is 43.7 Å². The van der Waals surface area contributed by atoms with Crippen molar-refractivity contribution in [1.82, 2.24) is 16.0 Å². The van der Waals surface area contributed by atoms with Crippen molar-refractivity contribution in [3.8, 4) is 0 Å². The molecular formula is C17H20FN3O3. The summed E-state index contributed by atoms with van der Waals surface area (Å²) in [4.78, 5) is 23.5. The van der Waals surface area contributed by atoms with E-state index in [-0.39, 0.29) is 30.9 Å². The molecule has 6 nitrogen and oxygen atoms in total. The summed E-state index contributed by atoms with van der Waals surface area (Å²) >= 11 is 0. The van der Waals surface area contributed by atoms with Gasteiger partial charge in [0.1, 0.15) is 17.3 Å². The van der Waals surface area contributed by atoms with Gasteiger partial charge in [0.05, 0.1) is 12.6 Å². The van der Waals surface area contributed by atoms with Crippen LogP contribution in [0.3, 0.4) is 0 Å². The molecule has 1 aromatic heterocycles. The van der Waals surface area contributed by atoms with Crippen LogP contribution in [0.15, 0.2) is 40.8 Å². The molecule has 0 saturated carbocycles. The number of amides is 3. The van der Waals surface area contributed by atoms with Crippen LogP contribution in [0.1, 0.15) is 30.0 Å². The number of carbonyl (C=O) groups excluding carboxylic acids is 2. The molecular weight excluding hydrogens is 313 g/mol. The van der Waals surface area contributed by atoms with Gasteiger partial charge in [0.15, 0.2) is 0 Å². The number of benzene rings is 1. The average Bonchev–Trinajstić information content (AvgIpc) is 2.99. The number of hydrogen-bond donors (Lipinski definition) is 3. The highest BCUT2D eigenvalue weighted by atomic mass is 19.1. The number of hydrogen-bond acceptors (Lipinski definition) is 3. The van der Waals surface area contributed by atoms with Gasteiger partial charge in [-0.2, -0.15) is 0 Å². The first-order valence-corrected chi connectivity index (χ1v) is 7.56. The Morgan fingerprint density at radius 2 is 1.83 bits per heavy atom. The maximum atomic E-state index is 12.8. The second-order valence-electron chi connectivity index (χ2n) is 5.40. The molecule has 0 bridgehead atoms. The summed E-state index contributed by atoms with van der Waals surface area (Å²) < 4.78 is 18.2. The highest BCUT2D eigenvalue weighted by Crippen LogP contribution is 2.15. The monoisotopic (exact) mass is 333 g/mol. The molecule has 1 unspecified atom stereocenters. The van der Waals surface area contributed by atoms with Crippen LogP contribution < -0.4 is 16.0 Å². The Balaban J connectivity index is 1.69. The maximum absolute atomic E-state index is 12.8. The second-order valence-corrected chi connectivity index (χ2v) is 5.40. The second kappa shape index (κ2) is 8.14. The molecule has 2 rings (SSSR count). The number of furan rings is 1. The molecule has 0 saturated heterocycles. The van der Waals surface area contributed by atoms with E-state index < -0.39 is 6.03 Å². The summed E-state index contributed by atoms with van der Waals surface area (Å²) in [6.45, 7) is 3.71. The molecule has 0 aliphatic carbocycles. The van der Waals surface area contributed by atoms with Crippen LogP contribution in [-0.4, -0.2) is 18.5 Å². The van der Waals surface area contributed by atoms with Crippen LogP contribution in [0.25, 0.3) is 0 Å². The lowest BCUT2D eigenvalue weighted by molar-refractivity contribution is -0.120. The molecule has 1 atom stereocenters. The molecule has 7 heteroatoms. The van der Waals surface area contributed by atoms with Crippen LogP contribution in [0.2, 0.25) is 0 Å². The topological polar surface area (TPSA) is 83.4 Å². The van der Waals surface area contributed by atoms with E-state index in [9.17, 15) is 14.0 Å². The predicted octanol–water partition coefficient (Wildman–Crippen LogP) is 2.40. The Hall–Kier alpha value is -2.83. The summed E-state index contributed by atoms with van der Waals surface area (Å²) in [6.07, 6.45) is 0. The van der Waals surface area contributed by atoms with Gasteiger partial charge in [0.2, 0.25) is 5.91 Å². The van der Waals surface area contributed by atoms with E-state index in [1.54, 1.807) is 25.1 Å². The van der Waals surface area contributed by atoms with Crippen molar-refractivity contribution in [2.24, 2.45) is 0 Å². The third kappa shape index (κ3) is 5.42. The molecule has 0 spiro atoms. The zero-order valence-electron chi connectivity index (χ0n) is 13.6. The number of halogens is 1. The van der Waals surface area contributed by atoms with Crippen LogP contribution in [0.4, 0.5) is 9.18 Å². The predicted molar refractivity (Wildman–Crippen MR) is 86.6 cm³/mol. The zero-order valence-corrected chi connectivity index (χ0v) is 13.6. The van der Waals surface area contributed by atoms with Crippen molar-refractivity contribution in [3.05, 3.63) is 59.3 Å². The third-order valence-corrected chi connectivity index (χ3v) is 3.34. The van der Waals surface area contributed by atoms with Gasteiger partial charge in [0, 0.05) is 6.54 Å². The van der Waals surface area contributed by atoms with Gasteiger partial charge in [0.25, 0.3) is 0 Å². The van der Waals surface area contributed by atoms with Gasteiger partial charge < -0.3 is 20.4 Å². The molecule has 1 aromatic carbocycles. The van der Waals surface area contributed by atoms with E-state index in [2.05, 4.69) is 16.0 Å². The first-order valence-electron chi connectivity index (χ1n) is 7.56. The van der Waals surface area contributed by atoms with Crippen molar-refractivity contribution in [1.29, 1.82) is 0 Å². The highest BCUT2D eigenvalue weighted by molar-refractivity contribution is 5.84. The number of aryl methyl sites for hydroxylation is 1. The van der Waals surface area contributed by atoms with Gasteiger partial charge in [-0.1, -0.05) is 12.1 Å². The van der Waals surface area contributed by atoms with Crippen molar-refractivity contribution in [2.75, 3.05) is 6.54 Å². The number of carbonyl (C=O) groups is 2. The van der Waals surface area contributed by atoms with Crippen molar-refractivity contribution >= 4 is 11.9 Å². The van der Waals surface area contributed by atoms with Gasteiger partial charge in [-0.25, -0.2) is 9.18 Å². The molecule has 0 aliphatic rings. The van der Waals surface area contributed by atoms with Crippen molar-refractivity contribution in [3.63, 3.8) is 0 Å². The van der Waals surface area contributed by atoms with Gasteiger partial charge >= 0.3 is 6.03 Å². The summed E-state index contributed by atoms with van der Waals surface area (Å²) in [5.41, 5.74) is 0.762. The minimum absolute atomic E-state index is 0.153. The van der Waals surface area contributed by atoms with Crippen LogP contribution in [0.5, 0.6) is 0 Å². The molecule has 128 valence electrons. The smallest absolute Gasteiger partial charge is 0.315 e. The first-order chi connectivity index (χ1) is 11.4. The van der Waals surface area contributed by atoms with Crippen LogP contribution in [-0.2, 0) is 11.3 Å². The largest absolute Gasteiger partial charge is 0.464 e. The lowest BCUT2D eigenvalue weighted by Crippen LogP contribution is -2.42. The van der Waals surface area contributed by atoms with E-state index >= 15 is 0 Å². The Morgan fingerprint density at radius 3 is 2.46 bits per heavy atom. The van der Waals surface area contributed by atoms with Crippen LogP contribution in [0, 0.1) is 12.7 Å². The quantitative estimate of drug-likeness (QED) is 0.759. The Labute approximate surface area is 139 Å². The number of urea groups is 1. The normalized spacial score (nSPS) is 11.6. The SMILES string of the molecule is Cc1ccc(C(C)NC(=O)CNC(=O)NCc2ccc(F)cc2)o1. The molecule has 1 heterocycles. The Bertz CT molecular complexity index is 697. The average molecular weight is 333 g/mol. The lowest BCUT2D eigenvalue weighted by Gasteiger charge is -2.12. The lowest BCUT2D eigenvalue weighted by atomic mass is 10.2. The van der Waals surface area contributed by atoms with E-state index in [1.807, 2.05) is 13.0 Å². The molecule has 3 N–H and O–H groups in total. The summed E-state index contributed by atoms with van der Waals surface area (Å²) in [7, 11) is 0. The molecule has 0 radical (unpaired) electrons. The van der Waals surface area contributed by atoms with E-state index in [0.29, 0.717) is 5.76 Å². The van der Waals surface area contributed by atoms with E-state index in [1.165, 1.54) is 12.1 Å². The van der Waals surface area contributed by atoms with Crippen molar-refractivity contribution in [2.45, 2.75) is 26.4 Å². The highest BCUT2D eigenvalue weighted by Gasteiger charge is 2.13.